The minimum atomic E-state index is -3.92. The Bertz CT molecular complexity index is 1590. The molecule has 5 atom stereocenters. The van der Waals surface area contributed by atoms with E-state index in [-0.39, 0.29) is 44.6 Å². The molecule has 0 radical (unpaired) electrons. The highest BCUT2D eigenvalue weighted by molar-refractivity contribution is 7.91. The normalized spacial score (nSPS) is 28.4. The molecule has 4 amide bonds. The Kier molecular flexibility index (Phi) is 10.6. The van der Waals surface area contributed by atoms with Crippen LogP contribution in [0.15, 0.2) is 36.4 Å². The number of fused-ring (bicyclic) bond motifs is 2. The third-order valence-corrected chi connectivity index (χ3v) is 10.6. The molecule has 49 heavy (non-hydrogen) atoms. The SMILES string of the molecule is COc1ccc(C(=O)O[C@@H]2C[C@H]3C(=O)N[C@]4(C(=O)NS(=O)(=O)C5CC5)C[C@@H]4/C=C\COCCC[C@H](NC(=O)OC(C)(C)C)C(=O)N3C2)cc1. The zero-order valence-electron chi connectivity index (χ0n) is 28.1. The number of hydrogen-bond donors (Lipinski definition) is 3. The van der Waals surface area contributed by atoms with Crippen LogP contribution < -0.4 is 20.1 Å². The average molecular weight is 705 g/mol. The van der Waals surface area contributed by atoms with Gasteiger partial charge in [-0.25, -0.2) is 18.0 Å². The topological polar surface area (TPSA) is 196 Å². The van der Waals surface area contributed by atoms with Crippen molar-refractivity contribution in [2.24, 2.45) is 5.92 Å². The number of esters is 1. The van der Waals surface area contributed by atoms with Gasteiger partial charge >= 0.3 is 12.1 Å². The molecule has 2 aliphatic carbocycles. The van der Waals surface area contributed by atoms with Crippen molar-refractivity contribution >= 4 is 39.8 Å². The zero-order chi connectivity index (χ0) is 35.6. The molecular weight excluding hydrogens is 660 g/mol. The first kappa shape index (κ1) is 36.1. The fourth-order valence-corrected chi connectivity index (χ4v) is 7.32. The van der Waals surface area contributed by atoms with E-state index < -0.39 is 80.3 Å². The molecule has 0 bridgehead atoms. The molecule has 1 saturated heterocycles. The molecular formula is C33H44N4O11S. The number of nitrogens with one attached hydrogen (secondary N) is 3. The largest absolute Gasteiger partial charge is 0.497 e. The molecule has 2 saturated carbocycles. The number of ether oxygens (including phenoxy) is 4. The Hall–Kier alpha value is -4.18. The number of benzene rings is 1. The van der Waals surface area contributed by atoms with Crippen LogP contribution in [0.4, 0.5) is 4.79 Å². The van der Waals surface area contributed by atoms with Crippen molar-refractivity contribution in [3.63, 3.8) is 0 Å². The van der Waals surface area contributed by atoms with Gasteiger partial charge in [0.05, 0.1) is 31.1 Å². The molecule has 0 spiro atoms. The lowest BCUT2D eigenvalue weighted by atomic mass is 10.1. The Morgan fingerprint density at radius 1 is 1.08 bits per heavy atom. The summed E-state index contributed by atoms with van der Waals surface area (Å²) in [5, 5.41) is 4.70. The van der Waals surface area contributed by atoms with E-state index in [1.165, 1.54) is 24.1 Å². The summed E-state index contributed by atoms with van der Waals surface area (Å²) >= 11 is 0. The number of nitrogens with zero attached hydrogens (tertiary/aromatic N) is 1. The van der Waals surface area contributed by atoms with E-state index in [0.29, 0.717) is 25.0 Å². The van der Waals surface area contributed by atoms with Gasteiger partial charge in [0, 0.05) is 18.9 Å². The molecule has 0 aromatic heterocycles. The van der Waals surface area contributed by atoms with Gasteiger partial charge < -0.3 is 34.5 Å². The van der Waals surface area contributed by atoms with Gasteiger partial charge in [-0.1, -0.05) is 12.2 Å². The first-order valence-electron chi connectivity index (χ1n) is 16.4. The molecule has 15 nitrogen and oxygen atoms in total. The number of carbonyl (C=O) groups is 5. The van der Waals surface area contributed by atoms with Crippen molar-refractivity contribution in [2.45, 2.75) is 93.9 Å². The standard InChI is InChI=1S/C33H44N4O11S/c1-32(2,3)48-31(42)34-25-8-6-16-46-15-5-7-21-18-33(21,30(41)36-49(43,44)24-13-14-24)35-27(38)26-17-23(19-37(26)28(25)39)47-29(40)20-9-11-22(45-4)12-10-20/h5,7,9-12,21,23-26H,6,8,13-19H2,1-4H3,(H,34,42)(H,35,38)(H,36,41)/b7-5-/t21-,23+,25-,26-,33+/m0/s1. The van der Waals surface area contributed by atoms with Crippen molar-refractivity contribution < 1.29 is 51.3 Å². The lowest BCUT2D eigenvalue weighted by molar-refractivity contribution is -0.141. The Balaban J connectivity index is 1.42. The Labute approximate surface area is 285 Å². The smallest absolute Gasteiger partial charge is 0.408 e. The quantitative estimate of drug-likeness (QED) is 0.275. The maximum Gasteiger partial charge on any atom is 0.408 e. The van der Waals surface area contributed by atoms with Gasteiger partial charge in [-0.2, -0.15) is 0 Å². The van der Waals surface area contributed by atoms with Crippen LogP contribution in [-0.4, -0.2) is 105 Å². The number of hydrogen-bond acceptors (Lipinski definition) is 11. The third kappa shape index (κ3) is 8.90. The van der Waals surface area contributed by atoms with Crippen LogP contribution in [0.5, 0.6) is 5.75 Å². The van der Waals surface area contributed by atoms with Crippen molar-refractivity contribution in [3.8, 4) is 5.75 Å². The predicted molar refractivity (Wildman–Crippen MR) is 174 cm³/mol. The van der Waals surface area contributed by atoms with Gasteiger partial charge in [0.2, 0.25) is 21.8 Å². The van der Waals surface area contributed by atoms with E-state index >= 15 is 0 Å². The minimum absolute atomic E-state index is 0.111. The van der Waals surface area contributed by atoms with Crippen LogP contribution in [0.3, 0.4) is 0 Å². The highest BCUT2D eigenvalue weighted by atomic mass is 32.2. The molecule has 1 aromatic rings. The molecule has 5 rings (SSSR count). The second kappa shape index (κ2) is 14.4. The summed E-state index contributed by atoms with van der Waals surface area (Å²) < 4.78 is 49.5. The number of sulfonamides is 1. The fourth-order valence-electron chi connectivity index (χ4n) is 5.96. The summed E-state index contributed by atoms with van der Waals surface area (Å²) in [6.07, 6.45) is 3.06. The van der Waals surface area contributed by atoms with E-state index in [1.54, 1.807) is 45.1 Å². The van der Waals surface area contributed by atoms with Crippen molar-refractivity contribution in [3.05, 3.63) is 42.0 Å². The van der Waals surface area contributed by atoms with Crippen LogP contribution in [-0.2, 0) is 38.6 Å². The van der Waals surface area contributed by atoms with E-state index in [4.69, 9.17) is 18.9 Å². The van der Waals surface area contributed by atoms with Gasteiger partial charge in [0.1, 0.15) is 35.1 Å². The van der Waals surface area contributed by atoms with Crippen molar-refractivity contribution in [1.82, 2.24) is 20.3 Å². The van der Waals surface area contributed by atoms with Gasteiger partial charge in [-0.15, -0.1) is 0 Å². The lowest BCUT2D eigenvalue weighted by Gasteiger charge is -2.30. The summed E-state index contributed by atoms with van der Waals surface area (Å²) in [5.74, 6) is -2.89. The van der Waals surface area contributed by atoms with E-state index in [9.17, 15) is 32.4 Å². The molecule has 268 valence electrons. The fraction of sp³-hybridized carbons (Fsp3) is 0.606. The number of alkyl carbamates (subject to hydrolysis) is 1. The van der Waals surface area contributed by atoms with E-state index in [0.717, 1.165) is 0 Å². The first-order valence-corrected chi connectivity index (χ1v) is 17.9. The second-order valence-corrected chi connectivity index (χ2v) is 15.7. The molecule has 16 heteroatoms. The maximum absolute atomic E-state index is 14.2. The number of rotatable bonds is 7. The summed E-state index contributed by atoms with van der Waals surface area (Å²) in [6, 6.07) is 3.89. The Morgan fingerprint density at radius 2 is 1.80 bits per heavy atom. The Morgan fingerprint density at radius 3 is 2.45 bits per heavy atom. The number of methoxy groups -OCH3 is 1. The van der Waals surface area contributed by atoms with Crippen molar-refractivity contribution in [2.75, 3.05) is 26.9 Å². The third-order valence-electron chi connectivity index (χ3n) is 8.77. The minimum Gasteiger partial charge on any atom is -0.497 e. The summed E-state index contributed by atoms with van der Waals surface area (Å²) in [4.78, 5) is 68.9. The monoisotopic (exact) mass is 704 g/mol. The molecule has 0 unspecified atom stereocenters. The van der Waals surface area contributed by atoms with Crippen LogP contribution in [0.1, 0.15) is 69.7 Å². The number of carbonyl (C=O) groups excluding carboxylic acids is 5. The van der Waals surface area contributed by atoms with Crippen LogP contribution in [0.2, 0.25) is 0 Å². The van der Waals surface area contributed by atoms with Crippen LogP contribution in [0, 0.1) is 5.92 Å². The van der Waals surface area contributed by atoms with Gasteiger partial charge in [-0.3, -0.25) is 19.1 Å². The lowest BCUT2D eigenvalue weighted by Crippen LogP contribution is -2.58. The molecule has 3 fully saturated rings. The molecule has 4 aliphatic rings. The van der Waals surface area contributed by atoms with Crippen LogP contribution >= 0.6 is 0 Å². The zero-order valence-corrected chi connectivity index (χ0v) is 28.9. The molecule has 3 N–H and O–H groups in total. The van der Waals surface area contributed by atoms with Gasteiger partial charge in [0.25, 0.3) is 5.91 Å². The molecule has 1 aromatic carbocycles. The van der Waals surface area contributed by atoms with Gasteiger partial charge in [-0.05, 0) is 77.1 Å². The highest BCUT2D eigenvalue weighted by Gasteiger charge is 2.62. The second-order valence-electron chi connectivity index (χ2n) is 13.8. The molecule has 2 aliphatic heterocycles. The summed E-state index contributed by atoms with van der Waals surface area (Å²) in [7, 11) is -2.43. The summed E-state index contributed by atoms with van der Waals surface area (Å²) in [5.41, 5.74) is -2.20. The van der Waals surface area contributed by atoms with Gasteiger partial charge in [0.15, 0.2) is 0 Å². The summed E-state index contributed by atoms with van der Waals surface area (Å²) in [6.45, 7) is 5.28. The van der Waals surface area contributed by atoms with E-state index in [1.807, 2.05) is 0 Å². The number of amides is 4. The average Bonchev–Trinajstić information content (AvgIpc) is 3.95. The maximum atomic E-state index is 14.2. The molecule has 2 heterocycles. The predicted octanol–water partition coefficient (Wildman–Crippen LogP) is 1.56. The van der Waals surface area contributed by atoms with Crippen molar-refractivity contribution in [1.29, 1.82) is 0 Å². The first-order chi connectivity index (χ1) is 23.1. The van der Waals surface area contributed by atoms with E-state index in [2.05, 4.69) is 15.4 Å². The highest BCUT2D eigenvalue weighted by Crippen LogP contribution is 2.46. The van der Waals surface area contributed by atoms with Crippen LogP contribution in [0.25, 0.3) is 0 Å².